The van der Waals surface area contributed by atoms with Gasteiger partial charge in [-0.2, -0.15) is 0 Å². The van der Waals surface area contributed by atoms with Gasteiger partial charge in [-0.3, -0.25) is 0 Å². The minimum Gasteiger partial charge on any atom is -0.494 e. The van der Waals surface area contributed by atoms with E-state index in [1.54, 1.807) is 12.1 Å². The van der Waals surface area contributed by atoms with Gasteiger partial charge < -0.3 is 15.4 Å². The Labute approximate surface area is 177 Å². The highest BCUT2D eigenvalue weighted by atomic mass is 32.2. The Hall–Kier alpha value is -2.23. The first-order valence-corrected chi connectivity index (χ1v) is 11.8. The first-order valence-electron chi connectivity index (χ1n) is 10.0. The van der Waals surface area contributed by atoms with E-state index in [2.05, 4.69) is 22.5 Å². The number of aromatic nitrogens is 1. The average Bonchev–Trinajstić information content (AvgIpc) is 3.16. The van der Waals surface area contributed by atoms with Crippen molar-refractivity contribution in [1.82, 2.24) is 10.3 Å². The monoisotopic (exact) mass is 436 g/mol. The van der Waals surface area contributed by atoms with Crippen LogP contribution in [0.3, 0.4) is 0 Å². The number of ether oxygens (including phenoxy) is 1. The number of nitrogens with zero attached hydrogens (tertiary/aromatic N) is 1. The van der Waals surface area contributed by atoms with Crippen molar-refractivity contribution in [2.24, 2.45) is 5.14 Å². The van der Waals surface area contributed by atoms with Gasteiger partial charge >= 0.3 is 0 Å². The molecule has 1 aromatic carbocycles. The summed E-state index contributed by atoms with van der Waals surface area (Å²) >= 11 is 0. The Morgan fingerprint density at radius 3 is 2.77 bits per heavy atom. The summed E-state index contributed by atoms with van der Waals surface area (Å²) in [4.78, 5) is 4.39. The van der Waals surface area contributed by atoms with Crippen molar-refractivity contribution in [1.29, 1.82) is 0 Å². The predicted molar refractivity (Wildman–Crippen MR) is 116 cm³/mol. The number of benzene rings is 1. The first kappa shape index (κ1) is 22.5. The molecule has 0 amide bonds. The second kappa shape index (κ2) is 9.72. The number of pyridine rings is 1. The van der Waals surface area contributed by atoms with Crippen LogP contribution in [0.1, 0.15) is 49.3 Å². The fraction of sp³-hybridized carbons (Fsp3) is 0.476. The summed E-state index contributed by atoms with van der Waals surface area (Å²) in [5.74, 6) is 0.820. The van der Waals surface area contributed by atoms with Gasteiger partial charge in [0.1, 0.15) is 5.82 Å². The van der Waals surface area contributed by atoms with E-state index in [-0.39, 0.29) is 29.9 Å². The standard InChI is InChI=1S/C21H29FN4O3S/c1-14(15-4-7-19(22)20(12-15)29-2)26-18-6-3-16(11-18)17-5-8-21(25-13-17)24-9-10-30(23,27)28/h4-5,7-8,12-14,16,18,26H,3,6,9-11H2,1-2H3,(H,24,25)(H2,23,27,28)/t14-,16-,18+/m1/s1. The fourth-order valence-corrected chi connectivity index (χ4v) is 4.29. The maximum absolute atomic E-state index is 13.6. The largest absolute Gasteiger partial charge is 0.494 e. The van der Waals surface area contributed by atoms with Gasteiger partial charge in [-0.15, -0.1) is 0 Å². The van der Waals surface area contributed by atoms with Crippen LogP contribution in [0.5, 0.6) is 5.75 Å². The highest BCUT2D eigenvalue weighted by Crippen LogP contribution is 2.35. The van der Waals surface area contributed by atoms with Gasteiger partial charge in [0.2, 0.25) is 10.0 Å². The van der Waals surface area contributed by atoms with Crippen molar-refractivity contribution >= 4 is 15.8 Å². The van der Waals surface area contributed by atoms with Crippen LogP contribution in [-0.4, -0.2) is 38.9 Å². The maximum Gasteiger partial charge on any atom is 0.210 e. The summed E-state index contributed by atoms with van der Waals surface area (Å²) in [7, 11) is -2.01. The third-order valence-electron chi connectivity index (χ3n) is 5.54. The molecule has 1 fully saturated rings. The Kier molecular flexibility index (Phi) is 7.27. The Bertz CT molecular complexity index is 953. The number of halogens is 1. The van der Waals surface area contributed by atoms with Crippen LogP contribution < -0.4 is 20.5 Å². The molecule has 0 radical (unpaired) electrons. The molecule has 0 saturated heterocycles. The summed E-state index contributed by atoms with van der Waals surface area (Å²) in [6.07, 6.45) is 4.97. The topological polar surface area (TPSA) is 106 Å². The maximum atomic E-state index is 13.6. The van der Waals surface area contributed by atoms with Gasteiger partial charge in [-0.25, -0.2) is 22.9 Å². The molecule has 1 aliphatic rings. The second-order valence-electron chi connectivity index (χ2n) is 7.76. The summed E-state index contributed by atoms with van der Waals surface area (Å²) in [5, 5.41) is 11.6. The lowest BCUT2D eigenvalue weighted by Crippen LogP contribution is -2.29. The molecule has 1 aromatic heterocycles. The van der Waals surface area contributed by atoms with Crippen molar-refractivity contribution in [3.05, 3.63) is 53.5 Å². The van der Waals surface area contributed by atoms with Crippen molar-refractivity contribution in [2.45, 2.75) is 44.2 Å². The van der Waals surface area contributed by atoms with E-state index in [1.807, 2.05) is 18.3 Å². The molecule has 1 heterocycles. The normalized spacial score (nSPS) is 20.1. The number of primary sulfonamides is 1. The van der Waals surface area contributed by atoms with E-state index in [0.717, 1.165) is 24.8 Å². The van der Waals surface area contributed by atoms with Crippen molar-refractivity contribution in [3.63, 3.8) is 0 Å². The van der Waals surface area contributed by atoms with Crippen LogP contribution in [0.25, 0.3) is 0 Å². The van der Waals surface area contributed by atoms with Crippen LogP contribution >= 0.6 is 0 Å². The molecule has 164 valence electrons. The van der Waals surface area contributed by atoms with Gasteiger partial charge in [-0.1, -0.05) is 12.1 Å². The van der Waals surface area contributed by atoms with E-state index >= 15 is 0 Å². The van der Waals surface area contributed by atoms with E-state index in [9.17, 15) is 12.8 Å². The molecule has 1 aliphatic carbocycles. The van der Waals surface area contributed by atoms with E-state index in [0.29, 0.717) is 17.8 Å². The molecule has 3 rings (SSSR count). The predicted octanol–water partition coefficient (Wildman–Crippen LogP) is 2.92. The zero-order chi connectivity index (χ0) is 21.7. The van der Waals surface area contributed by atoms with Crippen molar-refractivity contribution in [2.75, 3.05) is 24.7 Å². The number of hydrogen-bond donors (Lipinski definition) is 3. The summed E-state index contributed by atoms with van der Waals surface area (Å²) in [5.41, 5.74) is 2.17. The lowest BCUT2D eigenvalue weighted by Gasteiger charge is -2.21. The SMILES string of the molecule is COc1cc([C@@H](C)N[C@H]2CC[C@@H](c3ccc(NCCS(N)(=O)=O)nc3)C2)ccc1F. The molecule has 0 spiro atoms. The third-order valence-corrected chi connectivity index (χ3v) is 6.32. The molecule has 30 heavy (non-hydrogen) atoms. The number of sulfonamides is 1. The zero-order valence-electron chi connectivity index (χ0n) is 17.3. The highest BCUT2D eigenvalue weighted by molar-refractivity contribution is 7.89. The molecule has 0 unspecified atom stereocenters. The number of methoxy groups -OCH3 is 1. The smallest absolute Gasteiger partial charge is 0.210 e. The van der Waals surface area contributed by atoms with Crippen molar-refractivity contribution < 1.29 is 17.5 Å². The van der Waals surface area contributed by atoms with E-state index in [4.69, 9.17) is 9.88 Å². The number of rotatable bonds is 9. The molecule has 0 bridgehead atoms. The second-order valence-corrected chi connectivity index (χ2v) is 9.49. The molecule has 1 saturated carbocycles. The Morgan fingerprint density at radius 2 is 2.10 bits per heavy atom. The molecule has 9 heteroatoms. The van der Waals surface area contributed by atoms with Gasteiger partial charge in [0.15, 0.2) is 11.6 Å². The van der Waals surface area contributed by atoms with E-state index < -0.39 is 10.0 Å². The van der Waals surface area contributed by atoms with Gasteiger partial charge in [0.05, 0.1) is 12.9 Å². The first-order chi connectivity index (χ1) is 14.2. The number of nitrogens with two attached hydrogens (primary N) is 1. The third kappa shape index (κ3) is 6.13. The lowest BCUT2D eigenvalue weighted by molar-refractivity contribution is 0.384. The quantitative estimate of drug-likeness (QED) is 0.558. The van der Waals surface area contributed by atoms with Gasteiger partial charge in [0.25, 0.3) is 0 Å². The van der Waals surface area contributed by atoms with Crippen LogP contribution in [0, 0.1) is 5.82 Å². The molecule has 3 atom stereocenters. The number of nitrogens with one attached hydrogen (secondary N) is 2. The molecule has 7 nitrogen and oxygen atoms in total. The Morgan fingerprint density at radius 1 is 1.30 bits per heavy atom. The summed E-state index contributed by atoms with van der Waals surface area (Å²) < 4.78 is 40.7. The number of anilines is 1. The van der Waals surface area contributed by atoms with Crippen LogP contribution in [0.15, 0.2) is 36.5 Å². The fourth-order valence-electron chi connectivity index (χ4n) is 3.90. The van der Waals surface area contributed by atoms with Gasteiger partial charge in [0, 0.05) is 24.8 Å². The van der Waals surface area contributed by atoms with Gasteiger partial charge in [-0.05, 0) is 61.4 Å². The minimum absolute atomic E-state index is 0.0896. The van der Waals surface area contributed by atoms with E-state index in [1.165, 1.54) is 18.7 Å². The average molecular weight is 437 g/mol. The molecular formula is C21H29FN4O3S. The van der Waals surface area contributed by atoms with Crippen molar-refractivity contribution in [3.8, 4) is 5.75 Å². The van der Waals surface area contributed by atoms with Crippen LogP contribution in [-0.2, 0) is 10.0 Å². The zero-order valence-corrected chi connectivity index (χ0v) is 18.1. The lowest BCUT2D eigenvalue weighted by atomic mass is 9.99. The molecular weight excluding hydrogens is 407 g/mol. The molecule has 0 aliphatic heterocycles. The summed E-state index contributed by atoms with van der Waals surface area (Å²) in [6.45, 7) is 2.30. The Balaban J connectivity index is 1.52. The molecule has 4 N–H and O–H groups in total. The molecule has 2 aromatic rings. The minimum atomic E-state index is -3.48. The highest BCUT2D eigenvalue weighted by Gasteiger charge is 2.27. The number of hydrogen-bond acceptors (Lipinski definition) is 6. The van der Waals surface area contributed by atoms with Crippen LogP contribution in [0.4, 0.5) is 10.2 Å². The van der Waals surface area contributed by atoms with Crippen LogP contribution in [0.2, 0.25) is 0 Å². The summed E-state index contributed by atoms with van der Waals surface area (Å²) in [6, 6.07) is 9.33.